The van der Waals surface area contributed by atoms with E-state index in [0.29, 0.717) is 18.5 Å². The number of β-lactam (4-membered cyclic amide) rings is 1. The first-order valence-electron chi connectivity index (χ1n) is 23.4. The Morgan fingerprint density at radius 1 is 0.707 bits per heavy atom. The highest BCUT2D eigenvalue weighted by atomic mass is 28.4. The van der Waals surface area contributed by atoms with E-state index in [-0.39, 0.29) is 58.4 Å². The maximum absolute atomic E-state index is 14.1. The molecule has 6 rings (SSSR count). The first-order valence-corrected chi connectivity index (χ1v) is 26.0. The smallest absolute Gasteiger partial charge is 0.413 e. The third kappa shape index (κ3) is 13.1. The van der Waals surface area contributed by atoms with Gasteiger partial charge in [-0.2, -0.15) is 0 Å². The maximum Gasteiger partial charge on any atom is 0.421 e. The number of non-ortho nitro benzene ring substituents is 3. The van der Waals surface area contributed by atoms with Crippen molar-refractivity contribution in [3.05, 3.63) is 131 Å². The van der Waals surface area contributed by atoms with Crippen molar-refractivity contribution in [3.8, 4) is 0 Å². The van der Waals surface area contributed by atoms with Crippen LogP contribution in [0.5, 0.6) is 0 Å². The van der Waals surface area contributed by atoms with Crippen LogP contribution in [0, 0.1) is 42.2 Å². The number of fused-ring (bicyclic) bond motifs is 1. The second kappa shape index (κ2) is 23.9. The third-order valence-electron chi connectivity index (χ3n) is 13.2. The number of nitro benzene ring substituents is 3. The number of guanidine groups is 1. The van der Waals surface area contributed by atoms with E-state index < -0.39 is 108 Å². The predicted octanol–water partition coefficient (Wildman–Crippen LogP) is 4.92. The van der Waals surface area contributed by atoms with Crippen LogP contribution in [0.25, 0.3) is 0 Å². The molecule has 3 aromatic carbocycles. The van der Waals surface area contributed by atoms with Crippen LogP contribution in [0.1, 0.15) is 72.1 Å². The highest BCUT2D eigenvalue weighted by molar-refractivity contribution is 6.73. The summed E-state index contributed by atoms with van der Waals surface area (Å²) in [6, 6.07) is 13.9. The molecule has 0 spiro atoms. The molecule has 4 amide bonds. The van der Waals surface area contributed by atoms with Gasteiger partial charge in [-0.3, -0.25) is 55.5 Å². The van der Waals surface area contributed by atoms with Crippen LogP contribution < -0.4 is 16.0 Å². The molecule has 3 aromatic rings. The Bertz CT molecular complexity index is 2760. The van der Waals surface area contributed by atoms with Gasteiger partial charge >= 0.3 is 36.1 Å². The fourth-order valence-corrected chi connectivity index (χ4v) is 12.0. The summed E-state index contributed by atoms with van der Waals surface area (Å²) in [5, 5.41) is 39.9. The van der Waals surface area contributed by atoms with E-state index in [1.807, 2.05) is 29.4 Å². The largest absolute Gasteiger partial charge is 0.421 e. The Labute approximate surface area is 427 Å². The fraction of sp³-hybridized carbons (Fsp3) is 0.383. The standard InChI is InChI=1S/C47H51N9O18Si/c1-6-75(7-2,8-3)74-27(5)37-38-26(4)35(39(53(38)40(37)58)44(62)71-41(59)28-9-15-32(16-10-28)54(65)66)25-52-22-21-31(24-52)49-36(57)23-48-45(50-46(63)72-42(60)29-11-17-33(18-12-29)55(67)68)51-47(64)73-43(61)30-13-19-34(20-14-30)56(69)70/h9-20,26-27,31,37-38H,6-8,21-25H2,1-5H3,(H,49,57)(H2,48,50,51,63,64)/t26-,27+,31-,37+,38+/m0/s1. The quantitative estimate of drug-likeness (QED) is 0.0175. The lowest BCUT2D eigenvalue weighted by atomic mass is 9.77. The zero-order valence-electron chi connectivity index (χ0n) is 41.0. The van der Waals surface area contributed by atoms with Crippen molar-refractivity contribution >= 4 is 79.2 Å². The number of nitrogens with one attached hydrogen (secondary N) is 3. The SMILES string of the molecule is CC[Si](CC)(CC)O[C@H](C)[C@H]1C(=O)N2C(C(=O)OC(=O)c3ccc([N+](=O)[O-])cc3)=C(CN3CC[C@H](NC(=O)CN=C(NC(=O)OC(=O)c4ccc([N+](=O)[O-])cc4)NC(=O)OC(=O)c4ccc([N+](=O)[O-])cc4)C3)[C@H](C)[C@H]12. The first kappa shape index (κ1) is 55.7. The van der Waals surface area contributed by atoms with E-state index in [4.69, 9.17) is 18.6 Å². The number of alkyl carbamates (subject to hydrolysis) is 2. The van der Waals surface area contributed by atoms with Crippen LogP contribution in [0.2, 0.25) is 18.1 Å². The number of carbonyl (C=O) groups excluding carboxylic acids is 8. The van der Waals surface area contributed by atoms with Gasteiger partial charge in [0.05, 0.1) is 49.5 Å². The molecular formula is C47H51N9O18Si. The Kier molecular flexibility index (Phi) is 17.8. The molecule has 27 nitrogen and oxygen atoms in total. The van der Waals surface area contributed by atoms with Crippen LogP contribution in [0.3, 0.4) is 0 Å². The summed E-state index contributed by atoms with van der Waals surface area (Å²) in [5.41, 5.74) is -1.34. The van der Waals surface area contributed by atoms with Gasteiger partial charge in [-0.05, 0) is 73.4 Å². The molecule has 3 aliphatic heterocycles. The van der Waals surface area contributed by atoms with Crippen molar-refractivity contribution < 1.29 is 71.8 Å². The number of hydrogen-bond acceptors (Lipinski definition) is 20. The number of carbonyl (C=O) groups is 8. The predicted molar refractivity (Wildman–Crippen MR) is 261 cm³/mol. The molecule has 0 unspecified atom stereocenters. The maximum atomic E-state index is 14.1. The van der Waals surface area contributed by atoms with Gasteiger partial charge in [0, 0.05) is 68.0 Å². The van der Waals surface area contributed by atoms with Crippen molar-refractivity contribution in [3.63, 3.8) is 0 Å². The molecule has 3 N–H and O–H groups in total. The molecule has 3 aliphatic rings. The minimum atomic E-state index is -2.19. The van der Waals surface area contributed by atoms with Crippen molar-refractivity contribution in [2.45, 2.75) is 77.4 Å². The molecule has 3 heterocycles. The topological polar surface area (TPSA) is 358 Å². The van der Waals surface area contributed by atoms with Crippen molar-refractivity contribution in [1.29, 1.82) is 0 Å². The minimum absolute atomic E-state index is 0.0983. The average Bonchev–Trinajstić information content (AvgIpc) is 3.92. The lowest BCUT2D eigenvalue weighted by molar-refractivity contribution is -0.385. The first-order chi connectivity index (χ1) is 35.6. The van der Waals surface area contributed by atoms with Crippen LogP contribution in [-0.2, 0) is 33.0 Å². The molecule has 0 saturated carbocycles. The molecular weight excluding hydrogens is 1010 g/mol. The molecule has 0 aliphatic carbocycles. The lowest BCUT2D eigenvalue weighted by Gasteiger charge is -2.49. The number of aliphatic imine (C=N–C) groups is 1. The van der Waals surface area contributed by atoms with Crippen LogP contribution in [-0.4, -0.2) is 131 Å². The monoisotopic (exact) mass is 1060 g/mol. The molecule has 28 heteroatoms. The van der Waals surface area contributed by atoms with Gasteiger partial charge < -0.3 is 28.9 Å². The highest BCUT2D eigenvalue weighted by Crippen LogP contribution is 2.49. The summed E-state index contributed by atoms with van der Waals surface area (Å²) in [6.07, 6.45) is -3.24. The van der Waals surface area contributed by atoms with E-state index in [2.05, 4.69) is 31.1 Å². The van der Waals surface area contributed by atoms with Crippen LogP contribution in [0.15, 0.2) is 89.1 Å². The molecule has 0 bridgehead atoms. The average molecular weight is 1060 g/mol. The van der Waals surface area contributed by atoms with E-state index in [1.54, 1.807) is 0 Å². The summed E-state index contributed by atoms with van der Waals surface area (Å²) in [5.74, 6) is -7.78. The van der Waals surface area contributed by atoms with E-state index >= 15 is 0 Å². The lowest BCUT2D eigenvalue weighted by Crippen LogP contribution is -2.65. The molecule has 0 aromatic heterocycles. The zero-order valence-corrected chi connectivity index (χ0v) is 42.0. The van der Waals surface area contributed by atoms with Gasteiger partial charge in [0.25, 0.3) is 17.1 Å². The molecule has 0 radical (unpaired) electrons. The van der Waals surface area contributed by atoms with Gasteiger partial charge in [0.2, 0.25) is 17.8 Å². The van der Waals surface area contributed by atoms with Gasteiger partial charge in [0.15, 0.2) is 8.32 Å². The normalized spacial score (nSPS) is 18.4. The Hall–Kier alpha value is -8.63. The summed E-state index contributed by atoms with van der Waals surface area (Å²) in [4.78, 5) is 144. The molecule has 75 heavy (non-hydrogen) atoms. The molecule has 2 fully saturated rings. The number of rotatable bonds is 18. The Morgan fingerprint density at radius 3 is 1.57 bits per heavy atom. The number of nitro groups is 3. The van der Waals surface area contributed by atoms with E-state index in [9.17, 15) is 68.7 Å². The van der Waals surface area contributed by atoms with Gasteiger partial charge in [-0.15, -0.1) is 0 Å². The summed E-state index contributed by atoms with van der Waals surface area (Å²) in [6.45, 7) is 9.78. The van der Waals surface area contributed by atoms with Crippen molar-refractivity contribution in [1.82, 2.24) is 25.8 Å². The van der Waals surface area contributed by atoms with Gasteiger partial charge in [0.1, 0.15) is 12.2 Å². The molecule has 396 valence electrons. The van der Waals surface area contributed by atoms with Crippen molar-refractivity contribution in [2.24, 2.45) is 16.8 Å². The minimum Gasteiger partial charge on any atom is -0.413 e. The second-order valence-electron chi connectivity index (χ2n) is 17.6. The fourth-order valence-electron chi connectivity index (χ4n) is 9.05. The zero-order chi connectivity index (χ0) is 54.9. The van der Waals surface area contributed by atoms with Crippen LogP contribution in [0.4, 0.5) is 26.7 Å². The number of hydrogen-bond donors (Lipinski definition) is 3. The number of likely N-dealkylation sites (tertiary alicyclic amines) is 1. The van der Waals surface area contributed by atoms with E-state index in [0.717, 1.165) is 90.9 Å². The third-order valence-corrected chi connectivity index (χ3v) is 18.0. The number of nitrogens with zero attached hydrogens (tertiary/aromatic N) is 6. The number of benzene rings is 3. The Morgan fingerprint density at radius 2 is 1.15 bits per heavy atom. The van der Waals surface area contributed by atoms with Gasteiger partial charge in [-0.25, -0.2) is 33.8 Å². The Balaban J connectivity index is 1.15. The molecule has 2 saturated heterocycles. The van der Waals surface area contributed by atoms with Crippen molar-refractivity contribution in [2.75, 3.05) is 26.2 Å². The molecule has 5 atom stereocenters. The summed E-state index contributed by atoms with van der Waals surface area (Å²) >= 11 is 0. The summed E-state index contributed by atoms with van der Waals surface area (Å²) in [7, 11) is -2.19. The number of amides is 4. The number of ether oxygens (including phenoxy) is 3. The summed E-state index contributed by atoms with van der Waals surface area (Å²) < 4.78 is 21.4. The van der Waals surface area contributed by atoms with Gasteiger partial charge in [-0.1, -0.05) is 27.7 Å². The van der Waals surface area contributed by atoms with Crippen LogP contribution >= 0.6 is 0 Å². The second-order valence-corrected chi connectivity index (χ2v) is 22.3. The highest BCUT2D eigenvalue weighted by Gasteiger charge is 2.61. The number of esters is 4. The van der Waals surface area contributed by atoms with E-state index in [1.165, 1.54) is 4.90 Å².